The van der Waals surface area contributed by atoms with Crippen LogP contribution in [0.15, 0.2) is 0 Å². The van der Waals surface area contributed by atoms with Gasteiger partial charge in [-0.15, -0.1) is 0 Å². The Labute approximate surface area is 142 Å². The van der Waals surface area contributed by atoms with Crippen molar-refractivity contribution in [3.05, 3.63) is 5.82 Å². The predicted octanol–water partition coefficient (Wildman–Crippen LogP) is 1.53. The number of anilines is 1. The van der Waals surface area contributed by atoms with Gasteiger partial charge in [-0.1, -0.05) is 6.92 Å². The van der Waals surface area contributed by atoms with Gasteiger partial charge in [0.1, 0.15) is 5.82 Å². The highest BCUT2D eigenvalue weighted by molar-refractivity contribution is 7.09. The minimum absolute atomic E-state index is 0.169. The monoisotopic (exact) mass is 337 g/mol. The molecule has 0 aromatic carbocycles. The lowest BCUT2D eigenvalue weighted by atomic mass is 10.2. The van der Waals surface area contributed by atoms with E-state index >= 15 is 0 Å². The SMILES string of the molecule is CCc1nsc(N2CCCN(CC(=O)N[C@@H](C)C3CC3)CC2)n1. The Morgan fingerprint density at radius 1 is 1.35 bits per heavy atom. The number of aromatic nitrogens is 2. The Morgan fingerprint density at radius 3 is 2.87 bits per heavy atom. The quantitative estimate of drug-likeness (QED) is 0.853. The van der Waals surface area contributed by atoms with Gasteiger partial charge < -0.3 is 10.2 Å². The van der Waals surface area contributed by atoms with E-state index in [9.17, 15) is 4.79 Å². The highest BCUT2D eigenvalue weighted by atomic mass is 32.1. The number of rotatable bonds is 6. The van der Waals surface area contributed by atoms with Gasteiger partial charge in [0, 0.05) is 50.2 Å². The summed E-state index contributed by atoms with van der Waals surface area (Å²) in [5, 5.41) is 4.17. The van der Waals surface area contributed by atoms with Crippen molar-refractivity contribution in [2.45, 2.75) is 45.6 Å². The maximum Gasteiger partial charge on any atom is 0.234 e. The van der Waals surface area contributed by atoms with Crippen LogP contribution in [0.3, 0.4) is 0 Å². The number of hydrogen-bond donors (Lipinski definition) is 1. The zero-order chi connectivity index (χ0) is 16.2. The van der Waals surface area contributed by atoms with Crippen LogP contribution in [0.2, 0.25) is 0 Å². The van der Waals surface area contributed by atoms with E-state index in [4.69, 9.17) is 0 Å². The third kappa shape index (κ3) is 4.64. The van der Waals surface area contributed by atoms with Gasteiger partial charge in [-0.3, -0.25) is 9.69 Å². The van der Waals surface area contributed by atoms with Crippen LogP contribution >= 0.6 is 11.5 Å². The first-order valence-electron chi connectivity index (χ1n) is 8.75. The number of carbonyl (C=O) groups is 1. The van der Waals surface area contributed by atoms with Crippen LogP contribution in [0.4, 0.5) is 5.13 Å². The van der Waals surface area contributed by atoms with Crippen LogP contribution in [0.25, 0.3) is 0 Å². The molecule has 128 valence electrons. The van der Waals surface area contributed by atoms with Gasteiger partial charge in [-0.05, 0) is 32.1 Å². The van der Waals surface area contributed by atoms with Gasteiger partial charge in [-0.2, -0.15) is 4.37 Å². The number of carbonyl (C=O) groups excluding carboxylic acids is 1. The van der Waals surface area contributed by atoms with Gasteiger partial charge >= 0.3 is 0 Å². The number of nitrogens with zero attached hydrogens (tertiary/aromatic N) is 4. The van der Waals surface area contributed by atoms with Crippen molar-refractivity contribution >= 4 is 22.6 Å². The zero-order valence-corrected chi connectivity index (χ0v) is 14.9. The molecule has 0 unspecified atom stereocenters. The second-order valence-electron chi connectivity index (χ2n) is 6.66. The fourth-order valence-electron chi connectivity index (χ4n) is 3.05. The molecule has 6 nitrogen and oxygen atoms in total. The van der Waals surface area contributed by atoms with Crippen LogP contribution < -0.4 is 10.2 Å². The van der Waals surface area contributed by atoms with Crippen molar-refractivity contribution in [1.29, 1.82) is 0 Å². The second-order valence-corrected chi connectivity index (χ2v) is 7.39. The summed E-state index contributed by atoms with van der Waals surface area (Å²) in [7, 11) is 0. The highest BCUT2D eigenvalue weighted by Gasteiger charge is 2.29. The summed E-state index contributed by atoms with van der Waals surface area (Å²) >= 11 is 1.49. The molecule has 7 heteroatoms. The molecule has 1 aromatic rings. The molecule has 1 aliphatic heterocycles. The van der Waals surface area contributed by atoms with Gasteiger partial charge in [0.25, 0.3) is 0 Å². The number of nitrogens with one attached hydrogen (secondary N) is 1. The maximum atomic E-state index is 12.2. The summed E-state index contributed by atoms with van der Waals surface area (Å²) in [4.78, 5) is 21.3. The lowest BCUT2D eigenvalue weighted by Crippen LogP contribution is -2.43. The molecule has 0 bridgehead atoms. The third-order valence-electron chi connectivity index (χ3n) is 4.72. The molecule has 1 aliphatic carbocycles. The summed E-state index contributed by atoms with van der Waals surface area (Å²) in [6.07, 6.45) is 4.48. The lowest BCUT2D eigenvalue weighted by Gasteiger charge is -2.22. The van der Waals surface area contributed by atoms with E-state index in [1.165, 1.54) is 24.4 Å². The van der Waals surface area contributed by atoms with E-state index in [-0.39, 0.29) is 5.91 Å². The van der Waals surface area contributed by atoms with Gasteiger partial charge in [0.2, 0.25) is 11.0 Å². The van der Waals surface area contributed by atoms with Crippen LogP contribution in [0.5, 0.6) is 0 Å². The Balaban J connectivity index is 1.46. The molecule has 1 atom stereocenters. The largest absolute Gasteiger partial charge is 0.352 e. The average Bonchev–Trinajstić information content (AvgIpc) is 3.31. The number of hydrogen-bond acceptors (Lipinski definition) is 6. The van der Waals surface area contributed by atoms with Crippen molar-refractivity contribution in [1.82, 2.24) is 19.6 Å². The molecule has 23 heavy (non-hydrogen) atoms. The normalized spacial score (nSPS) is 21.0. The number of aryl methyl sites for hydroxylation is 1. The smallest absolute Gasteiger partial charge is 0.234 e. The Bertz CT molecular complexity index is 530. The molecule has 1 saturated heterocycles. The van der Waals surface area contributed by atoms with Gasteiger partial charge in [0.05, 0.1) is 6.54 Å². The van der Waals surface area contributed by atoms with Crippen molar-refractivity contribution in [2.24, 2.45) is 5.92 Å². The Kier molecular flexibility index (Phi) is 5.48. The first-order chi connectivity index (χ1) is 11.2. The standard InChI is InChI=1S/C16H27N5OS/c1-3-14-18-16(23-19-14)21-8-4-7-20(9-10-21)11-15(22)17-12(2)13-5-6-13/h12-13H,3-11H2,1-2H3,(H,17,22)/t12-/m0/s1. The fourth-order valence-corrected chi connectivity index (χ4v) is 3.86. The third-order valence-corrected chi connectivity index (χ3v) is 5.53. The molecule has 1 amide bonds. The van der Waals surface area contributed by atoms with E-state index in [2.05, 4.69) is 38.3 Å². The topological polar surface area (TPSA) is 61.4 Å². The molecule has 2 heterocycles. The zero-order valence-electron chi connectivity index (χ0n) is 14.1. The van der Waals surface area contributed by atoms with Crippen LogP contribution in [0, 0.1) is 5.92 Å². The number of amides is 1. The molecule has 1 aromatic heterocycles. The molecule has 2 fully saturated rings. The summed E-state index contributed by atoms with van der Waals surface area (Å²) in [5.41, 5.74) is 0. The molecular formula is C16H27N5OS. The van der Waals surface area contributed by atoms with Crippen LogP contribution in [-0.4, -0.2) is 58.9 Å². The maximum absolute atomic E-state index is 12.2. The Morgan fingerprint density at radius 2 is 2.17 bits per heavy atom. The van der Waals surface area contributed by atoms with Crippen molar-refractivity contribution < 1.29 is 4.79 Å². The van der Waals surface area contributed by atoms with E-state index in [1.54, 1.807) is 0 Å². The highest BCUT2D eigenvalue weighted by Crippen LogP contribution is 2.32. The van der Waals surface area contributed by atoms with Crippen LogP contribution in [-0.2, 0) is 11.2 Å². The van der Waals surface area contributed by atoms with Crippen molar-refractivity contribution in [3.8, 4) is 0 Å². The molecule has 1 N–H and O–H groups in total. The minimum Gasteiger partial charge on any atom is -0.352 e. The van der Waals surface area contributed by atoms with E-state index in [1.807, 2.05) is 0 Å². The summed E-state index contributed by atoms with van der Waals surface area (Å²) in [5.74, 6) is 1.81. The van der Waals surface area contributed by atoms with Gasteiger partial charge in [-0.25, -0.2) is 4.98 Å². The van der Waals surface area contributed by atoms with E-state index in [0.29, 0.717) is 18.5 Å². The predicted molar refractivity (Wildman–Crippen MR) is 92.9 cm³/mol. The van der Waals surface area contributed by atoms with Gasteiger partial charge in [0.15, 0.2) is 0 Å². The summed E-state index contributed by atoms with van der Waals surface area (Å²) in [6, 6.07) is 0.333. The molecule has 3 rings (SSSR count). The molecule has 0 spiro atoms. The summed E-state index contributed by atoms with van der Waals surface area (Å²) in [6.45, 7) is 8.52. The van der Waals surface area contributed by atoms with Crippen LogP contribution in [0.1, 0.15) is 38.9 Å². The lowest BCUT2D eigenvalue weighted by molar-refractivity contribution is -0.122. The van der Waals surface area contributed by atoms with E-state index in [0.717, 1.165) is 50.0 Å². The molecular weight excluding hydrogens is 310 g/mol. The first kappa shape index (κ1) is 16.6. The molecule has 0 radical (unpaired) electrons. The summed E-state index contributed by atoms with van der Waals surface area (Å²) < 4.78 is 4.37. The molecule has 1 saturated carbocycles. The first-order valence-corrected chi connectivity index (χ1v) is 9.52. The second kappa shape index (κ2) is 7.57. The fraction of sp³-hybridized carbons (Fsp3) is 0.812. The van der Waals surface area contributed by atoms with E-state index < -0.39 is 0 Å². The minimum atomic E-state index is 0.169. The van der Waals surface area contributed by atoms with Crippen molar-refractivity contribution in [2.75, 3.05) is 37.6 Å². The van der Waals surface area contributed by atoms with Crippen molar-refractivity contribution in [3.63, 3.8) is 0 Å². The average molecular weight is 337 g/mol. The Hall–Kier alpha value is -1.21. The molecule has 2 aliphatic rings.